The molecule has 0 amide bonds. The first-order valence-electron chi connectivity index (χ1n) is 8.65. The van der Waals surface area contributed by atoms with Gasteiger partial charge in [-0.05, 0) is 18.6 Å². The van der Waals surface area contributed by atoms with Gasteiger partial charge in [-0.1, -0.05) is 41.9 Å². The number of rotatable bonds is 8. The van der Waals surface area contributed by atoms with E-state index in [9.17, 15) is 5.11 Å². The van der Waals surface area contributed by atoms with Crippen LogP contribution in [-0.2, 0) is 17.7 Å². The van der Waals surface area contributed by atoms with Crippen LogP contribution in [-0.4, -0.2) is 39.2 Å². The first-order chi connectivity index (χ1) is 12.6. The minimum absolute atomic E-state index is 0.177. The van der Waals surface area contributed by atoms with E-state index in [4.69, 9.17) is 22.1 Å². The Balaban J connectivity index is 1.61. The summed E-state index contributed by atoms with van der Waals surface area (Å²) in [6.45, 7) is 3.25. The number of hydrogen-bond acceptors (Lipinski definition) is 5. The van der Waals surface area contributed by atoms with E-state index < -0.39 is 6.10 Å². The number of benzene rings is 1. The third-order valence-electron chi connectivity index (χ3n) is 4.22. The molecule has 0 aliphatic carbocycles. The summed E-state index contributed by atoms with van der Waals surface area (Å²) in [5, 5.41) is 16.0. The maximum atomic E-state index is 10.4. The average Bonchev–Trinajstić information content (AvgIpc) is 3.05. The molecule has 0 bridgehead atoms. The van der Waals surface area contributed by atoms with Crippen LogP contribution in [0.2, 0.25) is 5.15 Å². The van der Waals surface area contributed by atoms with Crippen LogP contribution >= 0.6 is 11.6 Å². The molecule has 1 aromatic carbocycles. The summed E-state index contributed by atoms with van der Waals surface area (Å²) in [5.74, 6) is 0. The van der Waals surface area contributed by atoms with Crippen molar-refractivity contribution < 1.29 is 9.84 Å². The maximum Gasteiger partial charge on any atom is 0.130 e. The summed E-state index contributed by atoms with van der Waals surface area (Å²) < 4.78 is 7.46. The van der Waals surface area contributed by atoms with Crippen molar-refractivity contribution in [3.05, 3.63) is 59.0 Å². The lowest BCUT2D eigenvalue weighted by Gasteiger charge is -2.16. The van der Waals surface area contributed by atoms with E-state index in [1.165, 1.54) is 0 Å². The van der Waals surface area contributed by atoms with Gasteiger partial charge in [0.15, 0.2) is 0 Å². The van der Waals surface area contributed by atoms with Crippen molar-refractivity contribution in [3.63, 3.8) is 0 Å². The molecule has 2 heterocycles. The molecule has 0 radical (unpaired) electrons. The second-order valence-electron chi connectivity index (χ2n) is 6.20. The highest BCUT2D eigenvalue weighted by Gasteiger charge is 2.15. The SMILES string of the molecule is CCn1ncc2cc(Cl)nc(CC(O)COCC(N)c3ccccc3)c21. The Morgan fingerprint density at radius 3 is 2.77 bits per heavy atom. The first-order valence-corrected chi connectivity index (χ1v) is 9.03. The minimum atomic E-state index is -0.702. The molecule has 6 nitrogen and oxygen atoms in total. The molecule has 138 valence electrons. The second-order valence-corrected chi connectivity index (χ2v) is 6.59. The maximum absolute atomic E-state index is 10.4. The molecule has 2 atom stereocenters. The van der Waals surface area contributed by atoms with Gasteiger partial charge in [-0.3, -0.25) is 4.68 Å². The molecular weight excluding hydrogens is 352 g/mol. The van der Waals surface area contributed by atoms with E-state index in [0.29, 0.717) is 18.2 Å². The lowest BCUT2D eigenvalue weighted by atomic mass is 10.1. The van der Waals surface area contributed by atoms with Crippen molar-refractivity contribution >= 4 is 22.5 Å². The summed E-state index contributed by atoms with van der Waals surface area (Å²) in [6, 6.07) is 11.3. The number of ether oxygens (including phenoxy) is 1. The summed E-state index contributed by atoms with van der Waals surface area (Å²) >= 11 is 6.10. The Hall–Kier alpha value is -1.99. The topological polar surface area (TPSA) is 86.2 Å². The van der Waals surface area contributed by atoms with Crippen LogP contribution in [0.5, 0.6) is 0 Å². The molecule has 0 aliphatic rings. The third kappa shape index (κ3) is 4.40. The Morgan fingerprint density at radius 1 is 1.27 bits per heavy atom. The number of nitrogens with zero attached hydrogens (tertiary/aromatic N) is 3. The van der Waals surface area contributed by atoms with Gasteiger partial charge in [-0.25, -0.2) is 4.98 Å². The lowest BCUT2D eigenvalue weighted by molar-refractivity contribution is 0.0310. The monoisotopic (exact) mass is 374 g/mol. The van der Waals surface area contributed by atoms with Crippen LogP contribution < -0.4 is 5.73 Å². The van der Waals surface area contributed by atoms with Crippen LogP contribution in [0.15, 0.2) is 42.6 Å². The fourth-order valence-electron chi connectivity index (χ4n) is 2.96. The van der Waals surface area contributed by atoms with Gasteiger partial charge in [-0.15, -0.1) is 0 Å². The largest absolute Gasteiger partial charge is 0.390 e. The molecule has 0 fully saturated rings. The molecular formula is C19H23ClN4O2. The van der Waals surface area contributed by atoms with E-state index in [0.717, 1.165) is 28.7 Å². The van der Waals surface area contributed by atoms with Crippen LogP contribution in [0.4, 0.5) is 0 Å². The van der Waals surface area contributed by atoms with Crippen LogP contribution in [0, 0.1) is 0 Å². The number of aliphatic hydroxyl groups is 1. The van der Waals surface area contributed by atoms with Crippen molar-refractivity contribution in [1.82, 2.24) is 14.8 Å². The fourth-order valence-corrected chi connectivity index (χ4v) is 3.17. The fraction of sp³-hybridized carbons (Fsp3) is 0.368. The number of halogens is 1. The highest BCUT2D eigenvalue weighted by molar-refractivity contribution is 6.30. The Morgan fingerprint density at radius 2 is 2.04 bits per heavy atom. The van der Waals surface area contributed by atoms with Crippen molar-refractivity contribution in [2.45, 2.75) is 32.0 Å². The van der Waals surface area contributed by atoms with Gasteiger partial charge in [0.2, 0.25) is 0 Å². The Bertz CT molecular complexity index is 853. The van der Waals surface area contributed by atoms with Crippen LogP contribution in [0.3, 0.4) is 0 Å². The zero-order valence-electron chi connectivity index (χ0n) is 14.7. The molecule has 3 rings (SSSR count). The summed E-state index contributed by atoms with van der Waals surface area (Å²) in [4.78, 5) is 4.38. The molecule has 0 spiro atoms. The molecule has 7 heteroatoms. The van der Waals surface area contributed by atoms with Crippen molar-refractivity contribution in [2.24, 2.45) is 5.73 Å². The summed E-state index contributed by atoms with van der Waals surface area (Å²) in [5.41, 5.74) is 8.73. The standard InChI is InChI=1S/C19H23ClN4O2/c1-2-24-19-14(10-22-24)8-18(20)23-17(19)9-15(25)11-26-12-16(21)13-6-4-3-5-7-13/h3-8,10,15-16,25H,2,9,11-12,21H2,1H3. The van der Waals surface area contributed by atoms with E-state index in [1.54, 1.807) is 12.3 Å². The number of nitrogens with two attached hydrogens (primary N) is 1. The van der Waals surface area contributed by atoms with Gasteiger partial charge in [0, 0.05) is 18.4 Å². The highest BCUT2D eigenvalue weighted by Crippen LogP contribution is 2.22. The number of aryl methyl sites for hydroxylation is 1. The van der Waals surface area contributed by atoms with Gasteiger partial charge in [0.25, 0.3) is 0 Å². The summed E-state index contributed by atoms with van der Waals surface area (Å²) in [6.07, 6.45) is 1.40. The third-order valence-corrected chi connectivity index (χ3v) is 4.41. The number of aliphatic hydroxyl groups excluding tert-OH is 1. The van der Waals surface area contributed by atoms with Crippen molar-refractivity contribution in [2.75, 3.05) is 13.2 Å². The smallest absolute Gasteiger partial charge is 0.130 e. The van der Waals surface area contributed by atoms with Crippen LogP contribution in [0.1, 0.15) is 24.2 Å². The molecule has 0 saturated heterocycles. The zero-order chi connectivity index (χ0) is 18.5. The predicted octanol–water partition coefficient (Wildman–Crippen LogP) is 2.72. The van der Waals surface area contributed by atoms with Gasteiger partial charge >= 0.3 is 0 Å². The minimum Gasteiger partial charge on any atom is -0.390 e. The number of fused-ring (bicyclic) bond motifs is 1. The molecule has 26 heavy (non-hydrogen) atoms. The first kappa shape index (κ1) is 18.8. The van der Waals surface area contributed by atoms with Gasteiger partial charge in [0.05, 0.1) is 42.8 Å². The normalized spacial score (nSPS) is 13.8. The second kappa shape index (κ2) is 8.60. The van der Waals surface area contributed by atoms with E-state index in [2.05, 4.69) is 10.1 Å². The molecule has 0 saturated carbocycles. The quantitative estimate of drug-likeness (QED) is 0.592. The lowest BCUT2D eigenvalue weighted by Crippen LogP contribution is -2.24. The average molecular weight is 375 g/mol. The van der Waals surface area contributed by atoms with Gasteiger partial charge in [0.1, 0.15) is 5.15 Å². The molecule has 3 N–H and O–H groups in total. The molecule has 2 unspecified atom stereocenters. The summed E-state index contributed by atoms with van der Waals surface area (Å²) in [7, 11) is 0. The zero-order valence-corrected chi connectivity index (χ0v) is 15.4. The highest BCUT2D eigenvalue weighted by atomic mass is 35.5. The van der Waals surface area contributed by atoms with Gasteiger partial charge < -0.3 is 15.6 Å². The van der Waals surface area contributed by atoms with Gasteiger partial charge in [-0.2, -0.15) is 5.10 Å². The Labute approximate surface area is 157 Å². The van der Waals surface area contributed by atoms with Crippen molar-refractivity contribution in [3.8, 4) is 0 Å². The van der Waals surface area contributed by atoms with E-state index >= 15 is 0 Å². The Kier molecular flexibility index (Phi) is 6.21. The molecule has 0 aliphatic heterocycles. The number of aromatic nitrogens is 3. The van der Waals surface area contributed by atoms with E-state index in [-0.39, 0.29) is 12.6 Å². The van der Waals surface area contributed by atoms with Crippen LogP contribution in [0.25, 0.3) is 10.9 Å². The van der Waals surface area contributed by atoms with E-state index in [1.807, 2.05) is 41.9 Å². The number of pyridine rings is 1. The van der Waals surface area contributed by atoms with Crippen molar-refractivity contribution in [1.29, 1.82) is 0 Å². The predicted molar refractivity (Wildman–Crippen MR) is 102 cm³/mol. The molecule has 2 aromatic heterocycles. The number of hydrogen-bond donors (Lipinski definition) is 2. The molecule has 3 aromatic rings.